The molecule has 2 aromatic heterocycles. The number of hydrogen-bond donors (Lipinski definition) is 0. The second-order valence-corrected chi connectivity index (χ2v) is 11.9. The first-order valence-electron chi connectivity index (χ1n) is 6.43. The van der Waals surface area contributed by atoms with Crippen molar-refractivity contribution in [2.24, 2.45) is 0 Å². The Morgan fingerprint density at radius 2 is 2.05 bits per heavy atom. The number of ether oxygens (including phenoxy) is 1. The molecular weight excluding hydrogens is 278 g/mol. The van der Waals surface area contributed by atoms with E-state index >= 15 is 0 Å². The highest BCUT2D eigenvalue weighted by Gasteiger charge is 2.12. The van der Waals surface area contributed by atoms with Gasteiger partial charge in [0, 0.05) is 26.3 Å². The lowest BCUT2D eigenvalue weighted by atomic mass is 10.3. The predicted molar refractivity (Wildman–Crippen MR) is 81.4 cm³/mol. The molecule has 0 aliphatic carbocycles. The van der Waals surface area contributed by atoms with E-state index in [9.17, 15) is 0 Å². The standard InChI is InChI=1S/C13H20ClN3OSi/c1-10-11-5-6-17(12(11)16-13(14)15-10)9-18-7-8-19(2,3)4/h5-6H,7-9H2,1-4H3. The minimum absolute atomic E-state index is 0.284. The second kappa shape index (κ2) is 5.61. The Morgan fingerprint density at radius 3 is 2.74 bits per heavy atom. The highest BCUT2D eigenvalue weighted by Crippen LogP contribution is 2.18. The van der Waals surface area contributed by atoms with Crippen LogP contribution in [-0.4, -0.2) is 29.2 Å². The van der Waals surface area contributed by atoms with Gasteiger partial charge in [0.25, 0.3) is 0 Å². The Morgan fingerprint density at radius 1 is 1.32 bits per heavy atom. The number of rotatable bonds is 5. The number of hydrogen-bond acceptors (Lipinski definition) is 3. The summed E-state index contributed by atoms with van der Waals surface area (Å²) < 4.78 is 7.71. The fraction of sp³-hybridized carbons (Fsp3) is 0.538. The number of nitrogens with zero attached hydrogens (tertiary/aromatic N) is 3. The largest absolute Gasteiger partial charge is 0.361 e. The minimum Gasteiger partial charge on any atom is -0.361 e. The van der Waals surface area contributed by atoms with Gasteiger partial charge in [-0.05, 0) is 30.6 Å². The fourth-order valence-electron chi connectivity index (χ4n) is 1.83. The van der Waals surface area contributed by atoms with Gasteiger partial charge in [0.2, 0.25) is 5.28 Å². The molecule has 0 unspecified atom stereocenters. The summed E-state index contributed by atoms with van der Waals surface area (Å²) in [5.41, 5.74) is 1.74. The lowest BCUT2D eigenvalue weighted by Gasteiger charge is -2.15. The van der Waals surface area contributed by atoms with Crippen LogP contribution in [0.2, 0.25) is 31.0 Å². The van der Waals surface area contributed by atoms with E-state index in [0.29, 0.717) is 6.73 Å². The van der Waals surface area contributed by atoms with Crippen LogP contribution in [-0.2, 0) is 11.5 Å². The van der Waals surface area contributed by atoms with Crippen LogP contribution in [0.25, 0.3) is 11.0 Å². The van der Waals surface area contributed by atoms with E-state index in [4.69, 9.17) is 16.3 Å². The lowest BCUT2D eigenvalue weighted by molar-refractivity contribution is 0.0899. The Labute approximate surface area is 119 Å². The third-order valence-electron chi connectivity index (χ3n) is 3.01. The molecule has 0 radical (unpaired) electrons. The summed E-state index contributed by atoms with van der Waals surface area (Å²) in [6, 6.07) is 3.17. The molecule has 6 heteroatoms. The zero-order chi connectivity index (χ0) is 14.0. The van der Waals surface area contributed by atoms with Gasteiger partial charge >= 0.3 is 0 Å². The Bertz CT molecular complexity index is 577. The maximum atomic E-state index is 5.90. The van der Waals surface area contributed by atoms with Crippen molar-refractivity contribution < 1.29 is 4.74 Å². The SMILES string of the molecule is Cc1nc(Cl)nc2c1ccn2COCC[Si](C)(C)C. The van der Waals surface area contributed by atoms with Crippen LogP contribution in [0.1, 0.15) is 5.69 Å². The van der Waals surface area contributed by atoms with Crippen LogP contribution in [0.4, 0.5) is 0 Å². The first-order valence-corrected chi connectivity index (χ1v) is 10.5. The smallest absolute Gasteiger partial charge is 0.224 e. The first kappa shape index (κ1) is 14.5. The third kappa shape index (κ3) is 3.78. The van der Waals surface area contributed by atoms with Gasteiger partial charge < -0.3 is 9.30 Å². The van der Waals surface area contributed by atoms with Gasteiger partial charge in [0.05, 0.1) is 5.69 Å². The minimum atomic E-state index is -1.03. The van der Waals surface area contributed by atoms with Gasteiger partial charge in [-0.25, -0.2) is 4.98 Å². The zero-order valence-electron chi connectivity index (χ0n) is 11.9. The monoisotopic (exact) mass is 297 g/mol. The molecule has 0 spiro atoms. The number of aryl methyl sites for hydroxylation is 1. The van der Waals surface area contributed by atoms with E-state index in [-0.39, 0.29) is 5.28 Å². The van der Waals surface area contributed by atoms with Crippen molar-refractivity contribution in [1.29, 1.82) is 0 Å². The zero-order valence-corrected chi connectivity index (χ0v) is 13.7. The molecule has 0 aliphatic rings. The summed E-state index contributed by atoms with van der Waals surface area (Å²) in [6.07, 6.45) is 1.97. The third-order valence-corrected chi connectivity index (χ3v) is 4.88. The quantitative estimate of drug-likeness (QED) is 0.480. The van der Waals surface area contributed by atoms with E-state index in [1.165, 1.54) is 6.04 Å². The van der Waals surface area contributed by atoms with Crippen molar-refractivity contribution in [3.05, 3.63) is 23.2 Å². The number of halogens is 1. The van der Waals surface area contributed by atoms with Crippen LogP contribution in [0.5, 0.6) is 0 Å². The van der Waals surface area contributed by atoms with Crippen LogP contribution >= 0.6 is 11.6 Å². The Kier molecular flexibility index (Phi) is 4.28. The summed E-state index contributed by atoms with van der Waals surface area (Å²) in [6.45, 7) is 10.3. The van der Waals surface area contributed by atoms with E-state index < -0.39 is 8.07 Å². The summed E-state index contributed by atoms with van der Waals surface area (Å²) in [4.78, 5) is 8.42. The molecule has 0 atom stereocenters. The van der Waals surface area contributed by atoms with Crippen molar-refractivity contribution in [2.45, 2.75) is 39.3 Å². The van der Waals surface area contributed by atoms with Gasteiger partial charge in [0.1, 0.15) is 12.4 Å². The van der Waals surface area contributed by atoms with E-state index in [0.717, 1.165) is 23.3 Å². The summed E-state index contributed by atoms with van der Waals surface area (Å²) in [5.74, 6) is 0. The molecule has 2 aromatic rings. The topological polar surface area (TPSA) is 39.9 Å². The molecule has 0 amide bonds. The average molecular weight is 298 g/mol. The van der Waals surface area contributed by atoms with E-state index in [1.54, 1.807) is 0 Å². The van der Waals surface area contributed by atoms with Gasteiger partial charge in [-0.3, -0.25) is 0 Å². The van der Waals surface area contributed by atoms with E-state index in [2.05, 4.69) is 29.6 Å². The van der Waals surface area contributed by atoms with Gasteiger partial charge in [0.15, 0.2) is 0 Å². The Balaban J connectivity index is 2.05. The molecule has 0 aliphatic heterocycles. The van der Waals surface area contributed by atoms with Crippen LogP contribution < -0.4 is 0 Å². The maximum Gasteiger partial charge on any atom is 0.224 e. The van der Waals surface area contributed by atoms with Crippen molar-refractivity contribution in [2.75, 3.05) is 6.61 Å². The van der Waals surface area contributed by atoms with Crippen molar-refractivity contribution in [3.63, 3.8) is 0 Å². The lowest BCUT2D eigenvalue weighted by Crippen LogP contribution is -2.22. The highest BCUT2D eigenvalue weighted by atomic mass is 35.5. The van der Waals surface area contributed by atoms with Crippen LogP contribution in [0.15, 0.2) is 12.3 Å². The molecule has 2 heterocycles. The molecule has 2 rings (SSSR count). The predicted octanol–water partition coefficient (Wildman–Crippen LogP) is 3.71. The van der Waals surface area contributed by atoms with Crippen molar-refractivity contribution in [1.82, 2.24) is 14.5 Å². The van der Waals surface area contributed by atoms with Gasteiger partial charge in [-0.15, -0.1) is 0 Å². The second-order valence-electron chi connectivity index (χ2n) is 5.95. The van der Waals surface area contributed by atoms with Gasteiger partial charge in [-0.2, -0.15) is 4.98 Å². The molecular formula is C13H20ClN3OSi. The number of fused-ring (bicyclic) bond motifs is 1. The molecule has 0 aromatic carbocycles. The van der Waals surface area contributed by atoms with Crippen molar-refractivity contribution in [3.8, 4) is 0 Å². The fourth-order valence-corrected chi connectivity index (χ4v) is 2.79. The molecule has 0 saturated carbocycles. The molecule has 0 bridgehead atoms. The molecule has 4 nitrogen and oxygen atoms in total. The molecule has 0 saturated heterocycles. The Hall–Kier alpha value is -0.913. The summed E-state index contributed by atoms with van der Waals surface area (Å²) in [5, 5.41) is 1.31. The molecule has 19 heavy (non-hydrogen) atoms. The normalized spacial score (nSPS) is 12.3. The van der Waals surface area contributed by atoms with Crippen LogP contribution in [0, 0.1) is 6.92 Å². The number of aromatic nitrogens is 3. The van der Waals surface area contributed by atoms with Crippen LogP contribution in [0.3, 0.4) is 0 Å². The highest BCUT2D eigenvalue weighted by molar-refractivity contribution is 6.76. The summed E-state index contributed by atoms with van der Waals surface area (Å²) >= 11 is 5.90. The first-order chi connectivity index (χ1) is 8.87. The average Bonchev–Trinajstić information content (AvgIpc) is 2.66. The van der Waals surface area contributed by atoms with E-state index in [1.807, 2.05) is 23.8 Å². The van der Waals surface area contributed by atoms with Gasteiger partial charge in [-0.1, -0.05) is 19.6 Å². The molecule has 104 valence electrons. The molecule has 0 fully saturated rings. The molecule has 0 N–H and O–H groups in total. The summed E-state index contributed by atoms with van der Waals surface area (Å²) in [7, 11) is -1.03. The maximum absolute atomic E-state index is 5.90. The van der Waals surface area contributed by atoms with Crippen molar-refractivity contribution >= 4 is 30.7 Å².